The van der Waals surface area contributed by atoms with E-state index in [1.807, 2.05) is 6.08 Å². The summed E-state index contributed by atoms with van der Waals surface area (Å²) in [5.74, 6) is 5.78. The molecule has 0 aliphatic heterocycles. The van der Waals surface area contributed by atoms with Gasteiger partial charge in [0.15, 0.2) is 0 Å². The minimum Gasteiger partial charge on any atom is -0.550 e. The number of carbonyl (C=O) groups is 1. The summed E-state index contributed by atoms with van der Waals surface area (Å²) >= 11 is 0. The molecule has 27 heavy (non-hydrogen) atoms. The Morgan fingerprint density at radius 2 is 2.04 bits per heavy atom. The molecule has 0 bridgehead atoms. The predicted molar refractivity (Wildman–Crippen MR) is 97.6 cm³/mol. The van der Waals surface area contributed by atoms with E-state index in [1.165, 1.54) is 24.8 Å². The fraction of sp³-hybridized carbons (Fsp3) is 0.773. The first-order valence-corrected chi connectivity index (χ1v) is 10.2. The van der Waals surface area contributed by atoms with Crippen LogP contribution in [0.15, 0.2) is 11.6 Å². The Bertz CT molecular complexity index is 614. The van der Waals surface area contributed by atoms with Crippen LogP contribution >= 0.6 is 0 Å². The Kier molecular flexibility index (Phi) is 8.46. The number of carboxylic acid groups (broad SMARTS) is 1. The molecule has 0 radical (unpaired) electrons. The summed E-state index contributed by atoms with van der Waals surface area (Å²) in [4.78, 5) is 10.6. The zero-order valence-electron chi connectivity index (χ0n) is 16.7. The molecule has 0 aromatic carbocycles. The van der Waals surface area contributed by atoms with Gasteiger partial charge in [-0.3, -0.25) is 0 Å². The fourth-order valence-corrected chi connectivity index (χ4v) is 5.19. The smallest absolute Gasteiger partial charge is 0.550 e. The van der Waals surface area contributed by atoms with Crippen LogP contribution in [-0.4, -0.2) is 28.4 Å². The number of aliphatic hydroxyl groups is 2. The molecule has 5 heteroatoms. The summed E-state index contributed by atoms with van der Waals surface area (Å²) in [6, 6.07) is 0. The van der Waals surface area contributed by atoms with Crippen LogP contribution in [0.25, 0.3) is 0 Å². The summed E-state index contributed by atoms with van der Waals surface area (Å²) in [6.07, 6.45) is 9.83. The first-order chi connectivity index (χ1) is 12.4. The van der Waals surface area contributed by atoms with Crippen molar-refractivity contribution in [3.05, 3.63) is 11.6 Å². The number of hydrogen-bond acceptors (Lipinski definition) is 4. The number of fused-ring (bicyclic) bond motifs is 1. The standard InChI is InChI=1S/C22H32O4.Na/c1-22-13-12-20(24)17(10-11-19(23)15-6-3-2-4-7-15)18(22)14-16(22)8-5-9-21(25)26;/h8,15,17-20,23-24H,2-7,9,12-14H2,1H3,(H,25,26);/q;+1/p-1/b16-8+;/t17-,18-,19?,20-,22-;/m0./s1. The molecule has 2 N–H and O–H groups in total. The molecule has 0 aromatic heterocycles. The minimum absolute atomic E-state index is 0. The molecule has 3 fully saturated rings. The molecule has 3 aliphatic carbocycles. The molecular formula is C22H31NaO4. The molecule has 0 saturated heterocycles. The van der Waals surface area contributed by atoms with Gasteiger partial charge in [-0.1, -0.05) is 49.7 Å². The molecular weight excluding hydrogens is 351 g/mol. The number of allylic oxidation sites excluding steroid dienone is 2. The maximum atomic E-state index is 10.6. The van der Waals surface area contributed by atoms with Gasteiger partial charge in [-0.15, -0.1) is 0 Å². The van der Waals surface area contributed by atoms with E-state index in [1.54, 1.807) is 0 Å². The van der Waals surface area contributed by atoms with E-state index < -0.39 is 18.2 Å². The summed E-state index contributed by atoms with van der Waals surface area (Å²) in [5, 5.41) is 31.5. The van der Waals surface area contributed by atoms with E-state index in [4.69, 9.17) is 0 Å². The maximum Gasteiger partial charge on any atom is 1.00 e. The average Bonchev–Trinajstić information content (AvgIpc) is 2.63. The number of hydrogen-bond donors (Lipinski definition) is 2. The first kappa shape index (κ1) is 23.0. The van der Waals surface area contributed by atoms with Crippen molar-refractivity contribution in [2.24, 2.45) is 23.2 Å². The van der Waals surface area contributed by atoms with Crippen molar-refractivity contribution in [1.82, 2.24) is 0 Å². The Morgan fingerprint density at radius 3 is 2.70 bits per heavy atom. The second-order valence-corrected chi connectivity index (χ2v) is 8.63. The molecule has 1 unspecified atom stereocenters. The van der Waals surface area contributed by atoms with Crippen molar-refractivity contribution in [3.8, 4) is 11.8 Å². The summed E-state index contributed by atoms with van der Waals surface area (Å²) in [7, 11) is 0. The molecule has 0 spiro atoms. The summed E-state index contributed by atoms with van der Waals surface area (Å²) in [6.45, 7) is 2.21. The van der Waals surface area contributed by atoms with E-state index in [0.29, 0.717) is 18.8 Å². The molecule has 4 nitrogen and oxygen atoms in total. The minimum atomic E-state index is -1.01. The number of carboxylic acids is 1. The Balaban J connectivity index is 0.00000261. The van der Waals surface area contributed by atoms with Crippen LogP contribution in [0, 0.1) is 35.0 Å². The monoisotopic (exact) mass is 382 g/mol. The van der Waals surface area contributed by atoms with E-state index >= 15 is 0 Å². The third kappa shape index (κ3) is 5.19. The number of aliphatic hydroxyl groups excluding tert-OH is 2. The van der Waals surface area contributed by atoms with Crippen molar-refractivity contribution in [2.75, 3.05) is 0 Å². The van der Waals surface area contributed by atoms with Crippen molar-refractivity contribution < 1.29 is 49.7 Å². The number of carbonyl (C=O) groups excluding carboxylic acids is 1. The molecule has 0 amide bonds. The van der Waals surface area contributed by atoms with E-state index in [2.05, 4.69) is 18.8 Å². The van der Waals surface area contributed by atoms with Gasteiger partial charge in [-0.2, -0.15) is 0 Å². The predicted octanol–water partition coefficient (Wildman–Crippen LogP) is -0.811. The van der Waals surface area contributed by atoms with Gasteiger partial charge < -0.3 is 20.1 Å². The van der Waals surface area contributed by atoms with Crippen LogP contribution in [0.2, 0.25) is 0 Å². The largest absolute Gasteiger partial charge is 1.00 e. The van der Waals surface area contributed by atoms with E-state index in [0.717, 1.165) is 25.7 Å². The van der Waals surface area contributed by atoms with Gasteiger partial charge in [0.25, 0.3) is 0 Å². The zero-order valence-corrected chi connectivity index (χ0v) is 18.7. The van der Waals surface area contributed by atoms with Crippen molar-refractivity contribution in [1.29, 1.82) is 0 Å². The normalized spacial score (nSPS) is 35.8. The van der Waals surface area contributed by atoms with E-state index in [9.17, 15) is 20.1 Å². The van der Waals surface area contributed by atoms with Crippen molar-refractivity contribution in [3.63, 3.8) is 0 Å². The summed E-state index contributed by atoms with van der Waals surface area (Å²) in [5.41, 5.74) is 1.32. The maximum absolute atomic E-state index is 10.6. The van der Waals surface area contributed by atoms with Crippen molar-refractivity contribution in [2.45, 2.75) is 83.3 Å². The van der Waals surface area contributed by atoms with Crippen LogP contribution in [-0.2, 0) is 4.79 Å². The molecule has 3 saturated carbocycles. The Morgan fingerprint density at radius 1 is 1.33 bits per heavy atom. The molecule has 5 atom stereocenters. The van der Waals surface area contributed by atoms with E-state index in [-0.39, 0.29) is 53.2 Å². The van der Waals surface area contributed by atoms with Crippen molar-refractivity contribution >= 4 is 5.97 Å². The average molecular weight is 382 g/mol. The quantitative estimate of drug-likeness (QED) is 0.379. The Labute approximate surface area is 185 Å². The second-order valence-electron chi connectivity index (χ2n) is 8.63. The van der Waals surface area contributed by atoms with Crippen LogP contribution in [0.5, 0.6) is 0 Å². The first-order valence-electron chi connectivity index (χ1n) is 10.2. The molecule has 0 aromatic rings. The molecule has 144 valence electrons. The summed E-state index contributed by atoms with van der Waals surface area (Å²) < 4.78 is 0. The SMILES string of the molecule is C[C@@]12CC[C@H](O)[C@@H](C#CC(O)C3CCCCC3)[C@@H]1C/C2=C\CCC(=O)[O-].[Na+]. The molecule has 3 aliphatic rings. The topological polar surface area (TPSA) is 80.6 Å². The third-order valence-corrected chi connectivity index (χ3v) is 7.03. The van der Waals surface area contributed by atoms with Gasteiger partial charge in [0.2, 0.25) is 0 Å². The van der Waals surface area contributed by atoms with Crippen LogP contribution in [0.4, 0.5) is 0 Å². The second kappa shape index (κ2) is 9.94. The van der Waals surface area contributed by atoms with Crippen LogP contribution in [0.1, 0.15) is 71.1 Å². The van der Waals surface area contributed by atoms with Gasteiger partial charge in [-0.05, 0) is 62.2 Å². The molecule has 3 rings (SSSR count). The number of aliphatic carboxylic acids is 1. The van der Waals surface area contributed by atoms with Gasteiger partial charge in [0.05, 0.1) is 12.0 Å². The number of rotatable bonds is 4. The van der Waals surface area contributed by atoms with Crippen LogP contribution in [0.3, 0.4) is 0 Å². The van der Waals surface area contributed by atoms with Gasteiger partial charge in [0.1, 0.15) is 6.10 Å². The fourth-order valence-electron chi connectivity index (χ4n) is 5.19. The third-order valence-electron chi connectivity index (χ3n) is 7.03. The molecule has 0 heterocycles. The van der Waals surface area contributed by atoms with Gasteiger partial charge in [0, 0.05) is 5.97 Å². The van der Waals surface area contributed by atoms with Gasteiger partial charge >= 0.3 is 29.6 Å². The zero-order chi connectivity index (χ0) is 18.7. The van der Waals surface area contributed by atoms with Crippen LogP contribution < -0.4 is 34.7 Å². The Hall–Kier alpha value is -0.310. The van der Waals surface area contributed by atoms with Gasteiger partial charge in [-0.25, -0.2) is 0 Å².